The van der Waals surface area contributed by atoms with Gasteiger partial charge in [0.05, 0.1) is 10.6 Å². The number of nitrogens with zero attached hydrogens (tertiary/aromatic N) is 1. The van der Waals surface area contributed by atoms with Crippen molar-refractivity contribution in [3.8, 4) is 22.6 Å². The number of carbonyl (C=O) groups excluding carboxylic acids is 1. The van der Waals surface area contributed by atoms with E-state index >= 15 is 0 Å². The van der Waals surface area contributed by atoms with E-state index in [4.69, 9.17) is 0 Å². The van der Waals surface area contributed by atoms with E-state index in [1.807, 2.05) is 54.6 Å². The summed E-state index contributed by atoms with van der Waals surface area (Å²) in [4.78, 5) is 17.1. The van der Waals surface area contributed by atoms with Gasteiger partial charge in [-0.05, 0) is 58.8 Å². The first kappa shape index (κ1) is 17.9. The van der Waals surface area contributed by atoms with Crippen LogP contribution in [0.3, 0.4) is 0 Å². The predicted octanol–water partition coefficient (Wildman–Crippen LogP) is 4.66. The van der Waals surface area contributed by atoms with Crippen LogP contribution in [0.5, 0.6) is 11.5 Å². The molecule has 0 aliphatic carbocycles. The Balaban J connectivity index is 1.52. The molecule has 1 amide bonds. The van der Waals surface area contributed by atoms with E-state index in [0.29, 0.717) is 15.6 Å². The summed E-state index contributed by atoms with van der Waals surface area (Å²) in [7, 11) is 0. The maximum Gasteiger partial charge on any atom is 0.264 e. The highest BCUT2D eigenvalue weighted by molar-refractivity contribution is 8.18. The number of aromatic hydroxyl groups is 2. The van der Waals surface area contributed by atoms with Gasteiger partial charge in [-0.1, -0.05) is 48.5 Å². The Bertz CT molecular complexity index is 1090. The van der Waals surface area contributed by atoms with Gasteiger partial charge in [0.1, 0.15) is 0 Å². The zero-order valence-corrected chi connectivity index (χ0v) is 15.5. The molecule has 3 aromatic rings. The molecule has 0 atom stereocenters. The van der Waals surface area contributed by atoms with Crippen molar-refractivity contribution >= 4 is 34.6 Å². The van der Waals surface area contributed by atoms with Crippen LogP contribution in [-0.2, 0) is 4.79 Å². The third-order valence-corrected chi connectivity index (χ3v) is 5.06. The summed E-state index contributed by atoms with van der Waals surface area (Å²) in [5, 5.41) is 22.2. The Labute approximate surface area is 166 Å². The van der Waals surface area contributed by atoms with E-state index in [2.05, 4.69) is 10.3 Å². The number of phenols is 2. The van der Waals surface area contributed by atoms with Crippen LogP contribution in [-0.4, -0.2) is 21.3 Å². The highest BCUT2D eigenvalue weighted by Gasteiger charge is 2.23. The lowest BCUT2D eigenvalue weighted by molar-refractivity contribution is -0.115. The number of phenolic OH excluding ortho intramolecular Hbond substituents is 2. The summed E-state index contributed by atoms with van der Waals surface area (Å²) in [5.74, 6) is -0.686. The quantitative estimate of drug-likeness (QED) is 0.450. The van der Waals surface area contributed by atoms with Gasteiger partial charge in [-0.3, -0.25) is 4.79 Å². The van der Waals surface area contributed by atoms with Gasteiger partial charge < -0.3 is 15.5 Å². The van der Waals surface area contributed by atoms with Crippen LogP contribution in [0, 0.1) is 0 Å². The molecule has 138 valence electrons. The summed E-state index contributed by atoms with van der Waals surface area (Å²) in [6, 6.07) is 22.3. The fourth-order valence-electron chi connectivity index (χ4n) is 2.74. The smallest absolute Gasteiger partial charge is 0.264 e. The van der Waals surface area contributed by atoms with Crippen molar-refractivity contribution < 1.29 is 15.0 Å². The lowest BCUT2D eigenvalue weighted by atomic mass is 10.1. The molecule has 6 heteroatoms. The van der Waals surface area contributed by atoms with Crippen LogP contribution < -0.4 is 5.32 Å². The average molecular weight is 388 g/mol. The minimum Gasteiger partial charge on any atom is -0.504 e. The molecule has 1 aliphatic rings. The molecule has 0 radical (unpaired) electrons. The molecule has 1 fully saturated rings. The van der Waals surface area contributed by atoms with Gasteiger partial charge in [0.2, 0.25) is 0 Å². The van der Waals surface area contributed by atoms with E-state index in [9.17, 15) is 15.0 Å². The second kappa shape index (κ2) is 7.62. The SMILES string of the molecule is O=C1NC(=Nc2ccc(-c3ccccc3)cc2)S/C1=C/c1ccc(O)c(O)c1. The molecule has 1 aliphatic heterocycles. The molecule has 3 N–H and O–H groups in total. The molecular weight excluding hydrogens is 372 g/mol. The number of carbonyl (C=O) groups is 1. The maximum absolute atomic E-state index is 12.2. The molecule has 28 heavy (non-hydrogen) atoms. The molecule has 0 aromatic heterocycles. The van der Waals surface area contributed by atoms with Gasteiger partial charge >= 0.3 is 0 Å². The number of aliphatic imine (C=N–C) groups is 1. The third-order valence-electron chi connectivity index (χ3n) is 4.15. The first-order chi connectivity index (χ1) is 13.6. The van der Waals surface area contributed by atoms with Gasteiger partial charge in [-0.2, -0.15) is 0 Å². The molecule has 0 bridgehead atoms. The molecular formula is C22H16N2O3S. The van der Waals surface area contributed by atoms with Crippen molar-refractivity contribution in [2.45, 2.75) is 0 Å². The van der Waals surface area contributed by atoms with Gasteiger partial charge in [0.15, 0.2) is 16.7 Å². The standard InChI is InChI=1S/C22H16N2O3S/c25-18-11-6-14(12-19(18)26)13-20-21(27)24-22(28-20)23-17-9-7-16(8-10-17)15-4-2-1-3-5-15/h1-13,25-26H,(H,23,24,27)/b20-13+. The summed E-state index contributed by atoms with van der Waals surface area (Å²) < 4.78 is 0. The molecule has 5 nitrogen and oxygen atoms in total. The second-order valence-electron chi connectivity index (χ2n) is 6.14. The number of amidine groups is 1. The summed E-state index contributed by atoms with van der Waals surface area (Å²) >= 11 is 1.23. The van der Waals surface area contributed by atoms with E-state index in [-0.39, 0.29) is 17.4 Å². The van der Waals surface area contributed by atoms with Gasteiger partial charge in [-0.15, -0.1) is 0 Å². The monoisotopic (exact) mass is 388 g/mol. The maximum atomic E-state index is 12.2. The highest BCUT2D eigenvalue weighted by atomic mass is 32.2. The molecule has 4 rings (SSSR count). The molecule has 0 unspecified atom stereocenters. The number of amides is 1. The minimum absolute atomic E-state index is 0.202. The van der Waals surface area contributed by atoms with Crippen molar-refractivity contribution in [3.63, 3.8) is 0 Å². The van der Waals surface area contributed by atoms with Crippen molar-refractivity contribution in [1.82, 2.24) is 5.32 Å². The third kappa shape index (κ3) is 3.92. The predicted molar refractivity (Wildman–Crippen MR) is 112 cm³/mol. The van der Waals surface area contributed by atoms with Crippen molar-refractivity contribution in [2.24, 2.45) is 4.99 Å². The number of hydrogen-bond donors (Lipinski definition) is 3. The van der Waals surface area contributed by atoms with Crippen LogP contribution in [0.25, 0.3) is 17.2 Å². The first-order valence-electron chi connectivity index (χ1n) is 8.55. The Hall–Kier alpha value is -3.51. The zero-order chi connectivity index (χ0) is 19.5. The largest absolute Gasteiger partial charge is 0.504 e. The summed E-state index contributed by atoms with van der Waals surface area (Å²) in [6.07, 6.45) is 1.64. The van der Waals surface area contributed by atoms with E-state index in [1.54, 1.807) is 12.1 Å². The van der Waals surface area contributed by atoms with Gasteiger partial charge in [0.25, 0.3) is 5.91 Å². The molecule has 1 heterocycles. The average Bonchev–Trinajstić information content (AvgIpc) is 3.05. The molecule has 3 aromatic carbocycles. The summed E-state index contributed by atoms with van der Waals surface area (Å²) in [6.45, 7) is 0. The molecule has 1 saturated heterocycles. The summed E-state index contributed by atoms with van der Waals surface area (Å²) in [5.41, 5.74) is 3.58. The van der Waals surface area contributed by atoms with Crippen LogP contribution in [0.4, 0.5) is 5.69 Å². The normalized spacial score (nSPS) is 16.5. The van der Waals surface area contributed by atoms with Crippen LogP contribution in [0.1, 0.15) is 5.56 Å². The number of hydrogen-bond acceptors (Lipinski definition) is 5. The Morgan fingerprint density at radius 2 is 1.57 bits per heavy atom. The van der Waals surface area contributed by atoms with Crippen molar-refractivity contribution in [1.29, 1.82) is 0 Å². The molecule has 0 spiro atoms. The van der Waals surface area contributed by atoms with E-state index < -0.39 is 0 Å². The van der Waals surface area contributed by atoms with Crippen LogP contribution >= 0.6 is 11.8 Å². The molecule has 0 saturated carbocycles. The highest BCUT2D eigenvalue weighted by Crippen LogP contribution is 2.31. The van der Waals surface area contributed by atoms with Crippen molar-refractivity contribution in [3.05, 3.63) is 83.3 Å². The fourth-order valence-corrected chi connectivity index (χ4v) is 3.58. The number of rotatable bonds is 3. The van der Waals surface area contributed by atoms with E-state index in [1.165, 1.54) is 23.9 Å². The Morgan fingerprint density at radius 3 is 2.29 bits per heavy atom. The van der Waals surface area contributed by atoms with Gasteiger partial charge in [0, 0.05) is 0 Å². The van der Waals surface area contributed by atoms with E-state index in [0.717, 1.165) is 16.8 Å². The second-order valence-corrected chi connectivity index (χ2v) is 7.17. The number of nitrogens with one attached hydrogen (secondary N) is 1. The first-order valence-corrected chi connectivity index (χ1v) is 9.37. The van der Waals surface area contributed by atoms with Crippen LogP contribution in [0.2, 0.25) is 0 Å². The fraction of sp³-hybridized carbons (Fsp3) is 0. The lowest BCUT2D eigenvalue weighted by Gasteiger charge is -2.02. The van der Waals surface area contributed by atoms with Crippen molar-refractivity contribution in [2.75, 3.05) is 0 Å². The lowest BCUT2D eigenvalue weighted by Crippen LogP contribution is -2.19. The number of thioether (sulfide) groups is 1. The van der Waals surface area contributed by atoms with Gasteiger partial charge in [-0.25, -0.2) is 4.99 Å². The number of benzene rings is 3. The zero-order valence-electron chi connectivity index (χ0n) is 14.7. The topological polar surface area (TPSA) is 81.9 Å². The Morgan fingerprint density at radius 1 is 0.857 bits per heavy atom. The van der Waals surface area contributed by atoms with Crippen LogP contribution in [0.15, 0.2) is 82.7 Å². The Kier molecular flexibility index (Phi) is 4.87. The minimum atomic E-state index is -0.253.